The molecule has 41 heavy (non-hydrogen) atoms. The summed E-state index contributed by atoms with van der Waals surface area (Å²) >= 11 is 0. The van der Waals surface area contributed by atoms with E-state index in [1.54, 1.807) is 6.92 Å². The van der Waals surface area contributed by atoms with Crippen LogP contribution in [0.4, 0.5) is 10.6 Å². The maximum atomic E-state index is 13.5. The number of anilines is 1. The van der Waals surface area contributed by atoms with Gasteiger partial charge < -0.3 is 35.0 Å². The monoisotopic (exact) mass is 568 g/mol. The molecule has 3 amide bonds. The van der Waals surface area contributed by atoms with Crippen molar-refractivity contribution < 1.29 is 34.1 Å². The van der Waals surface area contributed by atoms with Gasteiger partial charge in [0, 0.05) is 57.3 Å². The van der Waals surface area contributed by atoms with Gasteiger partial charge in [0.25, 0.3) is 5.91 Å². The first-order valence-corrected chi connectivity index (χ1v) is 13.9. The topological polar surface area (TPSA) is 166 Å². The molecule has 13 heteroatoms. The Morgan fingerprint density at radius 3 is 2.41 bits per heavy atom. The SMILES string of the molecule is CCOC(=O)N1CCN(C(=O)C(CCC(=O)O)NC(=O)c2cc(N3CCC[C@H](O)C3)nc(-c3ccccc3)n2)CC1. The van der Waals surface area contributed by atoms with Crippen molar-refractivity contribution in [3.8, 4) is 11.4 Å². The second-order valence-corrected chi connectivity index (χ2v) is 10.0. The summed E-state index contributed by atoms with van der Waals surface area (Å²) in [6.45, 7) is 3.96. The Morgan fingerprint density at radius 2 is 1.76 bits per heavy atom. The number of carbonyl (C=O) groups excluding carboxylic acids is 3. The van der Waals surface area contributed by atoms with Crippen LogP contribution in [-0.2, 0) is 14.3 Å². The molecule has 2 aromatic rings. The van der Waals surface area contributed by atoms with Crippen molar-refractivity contribution in [2.24, 2.45) is 0 Å². The van der Waals surface area contributed by atoms with Crippen LogP contribution in [0.15, 0.2) is 36.4 Å². The summed E-state index contributed by atoms with van der Waals surface area (Å²) in [5.74, 6) is -1.37. The van der Waals surface area contributed by atoms with Crippen LogP contribution in [0.5, 0.6) is 0 Å². The summed E-state index contributed by atoms with van der Waals surface area (Å²) in [6.07, 6.45) is 0.0449. The van der Waals surface area contributed by atoms with Crippen LogP contribution in [-0.4, -0.2) is 112 Å². The lowest BCUT2D eigenvalue weighted by Gasteiger charge is -2.36. The van der Waals surface area contributed by atoms with Gasteiger partial charge in [-0.15, -0.1) is 0 Å². The molecule has 3 heterocycles. The third-order valence-electron chi connectivity index (χ3n) is 7.07. The number of carbonyl (C=O) groups is 4. The Bertz CT molecular complexity index is 1240. The molecule has 1 aromatic heterocycles. The zero-order valence-corrected chi connectivity index (χ0v) is 23.1. The van der Waals surface area contributed by atoms with E-state index < -0.39 is 36.0 Å². The number of carboxylic acid groups (broad SMARTS) is 1. The minimum absolute atomic E-state index is 0.0224. The Kier molecular flexibility index (Phi) is 10.1. The number of piperazine rings is 1. The highest BCUT2D eigenvalue weighted by molar-refractivity contribution is 5.97. The summed E-state index contributed by atoms with van der Waals surface area (Å²) < 4.78 is 5.02. The summed E-state index contributed by atoms with van der Waals surface area (Å²) in [5.41, 5.74) is 0.716. The van der Waals surface area contributed by atoms with Crippen LogP contribution in [0.1, 0.15) is 43.1 Å². The Hall–Kier alpha value is -4.26. The van der Waals surface area contributed by atoms with Crippen LogP contribution < -0.4 is 10.2 Å². The lowest BCUT2D eigenvalue weighted by molar-refractivity contribution is -0.138. The average Bonchev–Trinajstić information content (AvgIpc) is 2.99. The van der Waals surface area contributed by atoms with E-state index in [9.17, 15) is 29.4 Å². The zero-order valence-electron chi connectivity index (χ0n) is 23.1. The highest BCUT2D eigenvalue weighted by Crippen LogP contribution is 2.23. The maximum Gasteiger partial charge on any atom is 0.409 e. The van der Waals surface area contributed by atoms with Crippen molar-refractivity contribution in [2.75, 3.05) is 50.8 Å². The number of ether oxygens (including phenoxy) is 1. The highest BCUT2D eigenvalue weighted by Gasteiger charge is 2.31. The minimum Gasteiger partial charge on any atom is -0.481 e. The van der Waals surface area contributed by atoms with Crippen molar-refractivity contribution in [1.82, 2.24) is 25.1 Å². The fraction of sp³-hybridized carbons (Fsp3) is 0.500. The van der Waals surface area contributed by atoms with E-state index in [0.717, 1.165) is 6.42 Å². The van der Waals surface area contributed by atoms with Gasteiger partial charge in [0.2, 0.25) is 5.91 Å². The fourth-order valence-corrected chi connectivity index (χ4v) is 4.89. The smallest absolute Gasteiger partial charge is 0.409 e. The number of nitrogens with zero attached hydrogens (tertiary/aromatic N) is 5. The Morgan fingerprint density at radius 1 is 1.05 bits per heavy atom. The molecular weight excluding hydrogens is 532 g/mol. The van der Waals surface area contributed by atoms with E-state index in [2.05, 4.69) is 15.3 Å². The molecule has 0 spiro atoms. The first-order valence-electron chi connectivity index (χ1n) is 13.9. The molecule has 0 bridgehead atoms. The van der Waals surface area contributed by atoms with Gasteiger partial charge in [-0.3, -0.25) is 14.4 Å². The van der Waals surface area contributed by atoms with E-state index in [4.69, 9.17) is 4.74 Å². The van der Waals surface area contributed by atoms with Gasteiger partial charge in [-0.05, 0) is 26.2 Å². The van der Waals surface area contributed by atoms with Crippen molar-refractivity contribution in [3.63, 3.8) is 0 Å². The lowest BCUT2D eigenvalue weighted by atomic mass is 10.1. The second kappa shape index (κ2) is 13.9. The number of hydrogen-bond acceptors (Lipinski definition) is 9. The molecule has 0 radical (unpaired) electrons. The van der Waals surface area contributed by atoms with Crippen molar-refractivity contribution in [2.45, 2.75) is 44.8 Å². The number of β-amino-alcohol motifs (C(OH)–C–C–N with tert-alkyl or cyclic N) is 1. The first-order chi connectivity index (χ1) is 19.7. The van der Waals surface area contributed by atoms with Crippen LogP contribution in [0.2, 0.25) is 0 Å². The predicted octanol–water partition coefficient (Wildman–Crippen LogP) is 1.37. The van der Waals surface area contributed by atoms with Crippen LogP contribution in [0.3, 0.4) is 0 Å². The van der Waals surface area contributed by atoms with E-state index in [1.807, 2.05) is 35.2 Å². The summed E-state index contributed by atoms with van der Waals surface area (Å²) in [5, 5.41) is 22.2. The molecule has 3 N–H and O–H groups in total. The number of carboxylic acids is 1. The number of aliphatic carboxylic acids is 1. The fourth-order valence-electron chi connectivity index (χ4n) is 4.89. The zero-order chi connectivity index (χ0) is 29.4. The molecule has 0 aliphatic carbocycles. The third-order valence-corrected chi connectivity index (χ3v) is 7.07. The van der Waals surface area contributed by atoms with Gasteiger partial charge in [-0.1, -0.05) is 30.3 Å². The van der Waals surface area contributed by atoms with E-state index >= 15 is 0 Å². The molecule has 2 saturated heterocycles. The molecule has 13 nitrogen and oxygen atoms in total. The van der Waals surface area contributed by atoms with E-state index in [0.29, 0.717) is 36.7 Å². The normalized spacial score (nSPS) is 18.0. The number of aromatic nitrogens is 2. The lowest BCUT2D eigenvalue weighted by Crippen LogP contribution is -2.56. The van der Waals surface area contributed by atoms with Gasteiger partial charge in [-0.25, -0.2) is 14.8 Å². The van der Waals surface area contributed by atoms with Crippen LogP contribution in [0, 0.1) is 0 Å². The Balaban J connectivity index is 1.55. The summed E-state index contributed by atoms with van der Waals surface area (Å²) in [7, 11) is 0. The summed E-state index contributed by atoms with van der Waals surface area (Å²) in [6, 6.07) is 9.57. The number of benzene rings is 1. The molecule has 0 saturated carbocycles. The minimum atomic E-state index is -1.11. The molecule has 2 fully saturated rings. The number of aliphatic hydroxyl groups is 1. The van der Waals surface area contributed by atoms with Crippen molar-refractivity contribution in [3.05, 3.63) is 42.1 Å². The highest BCUT2D eigenvalue weighted by atomic mass is 16.6. The van der Waals surface area contributed by atoms with Gasteiger partial charge in [0.1, 0.15) is 17.6 Å². The molecule has 4 rings (SSSR count). The standard InChI is InChI=1S/C28H36N6O7/c1-2-41-28(40)33-15-13-32(14-16-33)27(39)21(10-11-24(36)37)30-26(38)22-17-23(34-12-6-9-20(35)18-34)31-25(29-22)19-7-4-3-5-8-19/h3-5,7-8,17,20-21,35H,2,6,9-16,18H2,1H3,(H,30,38)(H,36,37)/t20-,21?/m0/s1. The second-order valence-electron chi connectivity index (χ2n) is 10.0. The number of aliphatic hydroxyl groups excluding tert-OH is 1. The predicted molar refractivity (Wildman–Crippen MR) is 148 cm³/mol. The number of piperidine rings is 1. The molecule has 220 valence electrons. The van der Waals surface area contributed by atoms with Crippen molar-refractivity contribution in [1.29, 1.82) is 0 Å². The number of rotatable bonds is 9. The van der Waals surface area contributed by atoms with Gasteiger partial charge >= 0.3 is 12.1 Å². The molecule has 2 aliphatic rings. The molecule has 1 unspecified atom stereocenters. The van der Waals surface area contributed by atoms with Gasteiger partial charge in [-0.2, -0.15) is 0 Å². The average molecular weight is 569 g/mol. The van der Waals surface area contributed by atoms with Crippen LogP contribution >= 0.6 is 0 Å². The van der Waals surface area contributed by atoms with Gasteiger partial charge in [0.15, 0.2) is 5.82 Å². The van der Waals surface area contributed by atoms with Gasteiger partial charge in [0.05, 0.1) is 12.7 Å². The van der Waals surface area contributed by atoms with Crippen LogP contribution in [0.25, 0.3) is 11.4 Å². The summed E-state index contributed by atoms with van der Waals surface area (Å²) in [4.78, 5) is 64.4. The first kappa shape index (κ1) is 29.7. The maximum absolute atomic E-state index is 13.5. The molecular formula is C28H36N6O7. The number of nitrogens with one attached hydrogen (secondary N) is 1. The molecule has 1 aromatic carbocycles. The Labute approximate surface area is 238 Å². The van der Waals surface area contributed by atoms with E-state index in [1.165, 1.54) is 15.9 Å². The molecule has 2 atom stereocenters. The molecule has 2 aliphatic heterocycles. The quantitative estimate of drug-likeness (QED) is 0.402. The van der Waals surface area contributed by atoms with Crippen molar-refractivity contribution >= 4 is 29.7 Å². The number of amides is 3. The largest absolute Gasteiger partial charge is 0.481 e. The third kappa shape index (κ3) is 7.91. The van der Waals surface area contributed by atoms with E-state index in [-0.39, 0.29) is 51.3 Å². The number of hydrogen-bond donors (Lipinski definition) is 3.